The minimum Gasteiger partial charge on any atom is -0.494 e. The first-order valence-corrected chi connectivity index (χ1v) is 13.3. The fraction of sp³-hybridized carbons (Fsp3) is 0.267. The number of hydrogen-bond donors (Lipinski definition) is 3. The number of likely N-dealkylation sites (tertiary alicyclic amines) is 1. The van der Waals surface area contributed by atoms with Gasteiger partial charge in [0, 0.05) is 38.1 Å². The van der Waals surface area contributed by atoms with Crippen LogP contribution in [-0.4, -0.2) is 76.8 Å². The van der Waals surface area contributed by atoms with Crippen molar-refractivity contribution in [2.45, 2.75) is 18.9 Å². The summed E-state index contributed by atoms with van der Waals surface area (Å²) in [5.41, 5.74) is 2.60. The van der Waals surface area contributed by atoms with Crippen molar-refractivity contribution in [2.75, 3.05) is 49.8 Å². The van der Waals surface area contributed by atoms with Crippen LogP contribution in [0.4, 0.5) is 23.0 Å². The van der Waals surface area contributed by atoms with Crippen LogP contribution in [-0.2, 0) is 4.79 Å². The molecule has 1 fully saturated rings. The number of carboxylic acids is 1. The maximum absolute atomic E-state index is 12.4. The summed E-state index contributed by atoms with van der Waals surface area (Å²) in [6.45, 7) is 5.42. The number of hydrogen-bond acceptors (Lipinski definition) is 8. The van der Waals surface area contributed by atoms with Crippen molar-refractivity contribution in [2.24, 2.45) is 0 Å². The number of aromatic nitrogens is 3. The van der Waals surface area contributed by atoms with E-state index in [1.54, 1.807) is 23.9 Å². The average Bonchev–Trinajstić information content (AvgIpc) is 3.58. The smallest absolute Gasteiger partial charge is 0.341 e. The molecule has 212 valence electrons. The summed E-state index contributed by atoms with van der Waals surface area (Å²) in [5, 5.41) is 16.9. The number of aromatic carboxylic acids is 1. The van der Waals surface area contributed by atoms with E-state index in [-0.39, 0.29) is 23.2 Å². The van der Waals surface area contributed by atoms with Gasteiger partial charge in [-0.15, -0.1) is 0 Å². The second-order valence-corrected chi connectivity index (χ2v) is 10.0. The molecule has 1 amide bonds. The van der Waals surface area contributed by atoms with E-state index in [1.807, 2.05) is 43.4 Å². The average molecular weight is 556 g/mol. The second kappa shape index (κ2) is 11.7. The Morgan fingerprint density at radius 3 is 2.76 bits per heavy atom. The van der Waals surface area contributed by atoms with E-state index in [4.69, 9.17) is 4.74 Å². The molecule has 3 heterocycles. The minimum absolute atomic E-state index is 0.0448. The summed E-state index contributed by atoms with van der Waals surface area (Å²) in [6, 6.07) is 13.5. The van der Waals surface area contributed by atoms with Crippen LogP contribution in [0.15, 0.2) is 67.5 Å². The number of rotatable bonds is 10. The Labute approximate surface area is 238 Å². The van der Waals surface area contributed by atoms with Gasteiger partial charge >= 0.3 is 5.97 Å². The molecule has 0 radical (unpaired) electrons. The van der Waals surface area contributed by atoms with Gasteiger partial charge in [0.25, 0.3) is 0 Å². The first kappa shape index (κ1) is 27.7. The zero-order chi connectivity index (χ0) is 29.1. The van der Waals surface area contributed by atoms with Crippen LogP contribution in [0.5, 0.6) is 5.75 Å². The summed E-state index contributed by atoms with van der Waals surface area (Å²) in [6.07, 6.45) is 6.53. The van der Waals surface area contributed by atoms with E-state index in [2.05, 4.69) is 44.0 Å². The molecule has 0 unspecified atom stereocenters. The van der Waals surface area contributed by atoms with Crippen molar-refractivity contribution < 1.29 is 19.4 Å². The number of methoxy groups -OCH3 is 1. The number of ether oxygens (including phenoxy) is 1. The van der Waals surface area contributed by atoms with E-state index in [0.29, 0.717) is 23.2 Å². The second-order valence-electron chi connectivity index (χ2n) is 10.0. The molecule has 4 aromatic rings. The number of benzene rings is 2. The Bertz CT molecular complexity index is 1620. The SMILES string of the molecule is C=CC(=O)Nc1cc(Nc2ncc(C(=O)O)c(-n3ccc4ccccc43)n2)c(OC)cc1N(C)C[C@H]1CCCN1C. The van der Waals surface area contributed by atoms with Gasteiger partial charge in [-0.2, -0.15) is 4.98 Å². The van der Waals surface area contributed by atoms with Gasteiger partial charge in [0.05, 0.1) is 29.7 Å². The van der Waals surface area contributed by atoms with Crippen LogP contribution < -0.4 is 20.3 Å². The quantitative estimate of drug-likeness (QED) is 0.242. The molecule has 0 spiro atoms. The highest BCUT2D eigenvalue weighted by atomic mass is 16.5. The molecule has 1 aliphatic rings. The number of anilines is 4. The van der Waals surface area contributed by atoms with E-state index in [9.17, 15) is 14.7 Å². The molecule has 3 N–H and O–H groups in total. The lowest BCUT2D eigenvalue weighted by Gasteiger charge is -2.29. The number of amides is 1. The molecule has 0 bridgehead atoms. The number of carbonyl (C=O) groups excluding carboxylic acids is 1. The molecular formula is C30H33N7O4. The van der Waals surface area contributed by atoms with Gasteiger partial charge in [-0.05, 0) is 56.1 Å². The fourth-order valence-corrected chi connectivity index (χ4v) is 5.22. The third-order valence-electron chi connectivity index (χ3n) is 7.40. The molecule has 1 aliphatic heterocycles. The van der Waals surface area contributed by atoms with Gasteiger partial charge in [-0.25, -0.2) is 9.78 Å². The van der Waals surface area contributed by atoms with Crippen molar-refractivity contribution in [3.05, 3.63) is 73.1 Å². The van der Waals surface area contributed by atoms with Crippen LogP contribution in [0, 0.1) is 0 Å². The monoisotopic (exact) mass is 555 g/mol. The van der Waals surface area contributed by atoms with Gasteiger partial charge in [-0.1, -0.05) is 24.8 Å². The number of nitrogens with one attached hydrogen (secondary N) is 2. The zero-order valence-corrected chi connectivity index (χ0v) is 23.3. The van der Waals surface area contributed by atoms with Crippen molar-refractivity contribution >= 4 is 45.8 Å². The Morgan fingerprint density at radius 2 is 2.05 bits per heavy atom. The Balaban J connectivity index is 1.54. The number of fused-ring (bicyclic) bond motifs is 1. The fourth-order valence-electron chi connectivity index (χ4n) is 5.22. The van der Waals surface area contributed by atoms with Crippen LogP contribution in [0.25, 0.3) is 16.7 Å². The Kier molecular flexibility index (Phi) is 7.88. The summed E-state index contributed by atoms with van der Waals surface area (Å²) in [7, 11) is 5.67. The van der Waals surface area contributed by atoms with Crippen LogP contribution in [0.2, 0.25) is 0 Å². The lowest BCUT2D eigenvalue weighted by molar-refractivity contribution is -0.111. The molecular weight excluding hydrogens is 522 g/mol. The van der Waals surface area contributed by atoms with E-state index >= 15 is 0 Å². The number of nitrogens with zero attached hydrogens (tertiary/aromatic N) is 5. The van der Waals surface area contributed by atoms with E-state index < -0.39 is 5.97 Å². The first-order chi connectivity index (χ1) is 19.8. The predicted octanol–water partition coefficient (Wildman–Crippen LogP) is 4.53. The predicted molar refractivity (Wildman–Crippen MR) is 160 cm³/mol. The van der Waals surface area contributed by atoms with Crippen molar-refractivity contribution in [1.29, 1.82) is 0 Å². The zero-order valence-electron chi connectivity index (χ0n) is 23.3. The molecule has 1 saturated heterocycles. The summed E-state index contributed by atoms with van der Waals surface area (Å²) in [5.74, 6) is -0.612. The normalized spacial score (nSPS) is 15.0. The van der Waals surface area contributed by atoms with E-state index in [0.717, 1.165) is 42.5 Å². The number of likely N-dealkylation sites (N-methyl/N-ethyl adjacent to an activating group) is 2. The van der Waals surface area contributed by atoms with Gasteiger partial charge in [-0.3, -0.25) is 4.79 Å². The van der Waals surface area contributed by atoms with Crippen molar-refractivity contribution in [3.63, 3.8) is 0 Å². The number of carboxylic acid groups (broad SMARTS) is 1. The largest absolute Gasteiger partial charge is 0.494 e. The lowest BCUT2D eigenvalue weighted by atomic mass is 10.1. The van der Waals surface area contributed by atoms with E-state index in [1.165, 1.54) is 12.3 Å². The molecule has 0 saturated carbocycles. The third kappa shape index (κ3) is 5.71. The Morgan fingerprint density at radius 1 is 1.24 bits per heavy atom. The van der Waals surface area contributed by atoms with Gasteiger partial charge < -0.3 is 34.8 Å². The maximum atomic E-state index is 12.4. The lowest BCUT2D eigenvalue weighted by Crippen LogP contribution is -2.37. The topological polar surface area (TPSA) is 125 Å². The highest BCUT2D eigenvalue weighted by Gasteiger charge is 2.25. The molecule has 11 nitrogen and oxygen atoms in total. The molecule has 2 aromatic carbocycles. The summed E-state index contributed by atoms with van der Waals surface area (Å²) in [4.78, 5) is 37.7. The van der Waals surface area contributed by atoms with Crippen LogP contribution in [0.3, 0.4) is 0 Å². The molecule has 1 atom stereocenters. The van der Waals surface area contributed by atoms with Crippen molar-refractivity contribution in [1.82, 2.24) is 19.4 Å². The first-order valence-electron chi connectivity index (χ1n) is 13.3. The van der Waals surface area contributed by atoms with Gasteiger partial charge in [0.15, 0.2) is 5.82 Å². The highest BCUT2D eigenvalue weighted by Crippen LogP contribution is 2.38. The summed E-state index contributed by atoms with van der Waals surface area (Å²) < 4.78 is 7.44. The molecule has 5 rings (SSSR count). The molecule has 41 heavy (non-hydrogen) atoms. The van der Waals surface area contributed by atoms with Crippen molar-refractivity contribution in [3.8, 4) is 11.6 Å². The summed E-state index contributed by atoms with van der Waals surface area (Å²) >= 11 is 0. The van der Waals surface area contributed by atoms with Gasteiger partial charge in [0.2, 0.25) is 11.9 Å². The Hall–Kier alpha value is -4.90. The maximum Gasteiger partial charge on any atom is 0.341 e. The third-order valence-corrected chi connectivity index (χ3v) is 7.40. The van der Waals surface area contributed by atoms with Crippen LogP contribution >= 0.6 is 0 Å². The number of para-hydroxylation sites is 1. The standard InChI is InChI=1S/C30H33N7O4/c1-5-27(38)32-22-15-23(26(41-4)16-25(22)36(3)18-20-10-8-13-35(20)2)33-30-31-17-21(29(39)40)28(34-30)37-14-12-19-9-6-7-11-24(19)37/h5-7,9,11-12,14-17,20H,1,8,10,13,18H2,2-4H3,(H,32,38)(H,39,40)(H,31,33,34)/t20-/m1/s1. The molecule has 0 aliphatic carbocycles. The molecule has 2 aromatic heterocycles. The molecule has 11 heteroatoms. The number of carbonyl (C=O) groups is 2. The van der Waals surface area contributed by atoms with Crippen LogP contribution in [0.1, 0.15) is 23.2 Å². The minimum atomic E-state index is -1.14. The van der Waals surface area contributed by atoms with Gasteiger partial charge in [0.1, 0.15) is 11.3 Å². The highest BCUT2D eigenvalue weighted by molar-refractivity contribution is 6.02.